The van der Waals surface area contributed by atoms with Gasteiger partial charge in [-0.05, 0) is 42.5 Å². The molecule has 0 heterocycles. The van der Waals surface area contributed by atoms with E-state index in [1.54, 1.807) is 0 Å². The number of alkyl halides is 3. The molecule has 20 heavy (non-hydrogen) atoms. The molecular formula is C14H9F4NO. The lowest BCUT2D eigenvalue weighted by atomic mass is 10.0. The molecule has 2 N–H and O–H groups in total. The molecule has 0 amide bonds. The first kappa shape index (κ1) is 14.0. The summed E-state index contributed by atoms with van der Waals surface area (Å²) < 4.78 is 50.9. The summed E-state index contributed by atoms with van der Waals surface area (Å²) in [6, 6.07) is 7.87. The second-order valence-electron chi connectivity index (χ2n) is 4.14. The first-order valence-electron chi connectivity index (χ1n) is 5.56. The molecule has 0 aliphatic carbocycles. The Hall–Kier alpha value is -2.37. The SMILES string of the molecule is Nc1ccc(C(=O)c2ccc(F)c(C(F)(F)F)c2)cc1. The van der Waals surface area contributed by atoms with Gasteiger partial charge < -0.3 is 5.73 Å². The second kappa shape index (κ2) is 4.96. The van der Waals surface area contributed by atoms with E-state index in [1.807, 2.05) is 0 Å². The normalized spacial score (nSPS) is 11.4. The molecule has 2 aromatic rings. The maximum Gasteiger partial charge on any atom is 0.419 e. The number of carbonyl (C=O) groups is 1. The molecule has 104 valence electrons. The highest BCUT2D eigenvalue weighted by Crippen LogP contribution is 2.32. The van der Waals surface area contributed by atoms with Crippen LogP contribution in [0.5, 0.6) is 0 Å². The van der Waals surface area contributed by atoms with Crippen LogP contribution in [0.4, 0.5) is 23.2 Å². The van der Waals surface area contributed by atoms with E-state index >= 15 is 0 Å². The lowest BCUT2D eigenvalue weighted by Gasteiger charge is -2.09. The van der Waals surface area contributed by atoms with E-state index in [0.717, 1.165) is 6.07 Å². The molecule has 0 fully saturated rings. The first-order valence-corrected chi connectivity index (χ1v) is 5.56. The van der Waals surface area contributed by atoms with Crippen molar-refractivity contribution in [2.24, 2.45) is 0 Å². The van der Waals surface area contributed by atoms with Crippen LogP contribution >= 0.6 is 0 Å². The fourth-order valence-corrected chi connectivity index (χ4v) is 1.68. The van der Waals surface area contributed by atoms with Gasteiger partial charge in [0.15, 0.2) is 5.78 Å². The van der Waals surface area contributed by atoms with Gasteiger partial charge >= 0.3 is 6.18 Å². The summed E-state index contributed by atoms with van der Waals surface area (Å²) in [6.45, 7) is 0. The van der Waals surface area contributed by atoms with E-state index in [1.165, 1.54) is 24.3 Å². The van der Waals surface area contributed by atoms with Crippen LogP contribution in [0.15, 0.2) is 42.5 Å². The lowest BCUT2D eigenvalue weighted by Crippen LogP contribution is -2.11. The highest BCUT2D eigenvalue weighted by atomic mass is 19.4. The average Bonchev–Trinajstić information content (AvgIpc) is 2.38. The molecule has 6 heteroatoms. The van der Waals surface area contributed by atoms with Crippen molar-refractivity contribution in [1.29, 1.82) is 0 Å². The molecule has 0 saturated carbocycles. The Morgan fingerprint density at radius 1 is 0.950 bits per heavy atom. The Bertz CT molecular complexity index is 647. The largest absolute Gasteiger partial charge is 0.419 e. The third kappa shape index (κ3) is 2.79. The van der Waals surface area contributed by atoms with Crippen molar-refractivity contribution in [3.8, 4) is 0 Å². The molecule has 2 aromatic carbocycles. The molecule has 2 rings (SSSR count). The summed E-state index contributed by atoms with van der Waals surface area (Å²) in [4.78, 5) is 12.0. The fraction of sp³-hybridized carbons (Fsp3) is 0.0714. The molecule has 0 aliphatic heterocycles. The summed E-state index contributed by atoms with van der Waals surface area (Å²) in [5.41, 5.74) is 4.37. The molecule has 0 atom stereocenters. The number of nitrogen functional groups attached to an aromatic ring is 1. The Labute approximate surface area is 111 Å². The van der Waals surface area contributed by atoms with Crippen molar-refractivity contribution in [1.82, 2.24) is 0 Å². The van der Waals surface area contributed by atoms with Gasteiger partial charge in [0.05, 0.1) is 5.56 Å². The fourth-order valence-electron chi connectivity index (χ4n) is 1.68. The maximum atomic E-state index is 13.1. The number of hydrogen-bond acceptors (Lipinski definition) is 2. The summed E-state index contributed by atoms with van der Waals surface area (Å²) in [6.07, 6.45) is -4.85. The van der Waals surface area contributed by atoms with Crippen LogP contribution in [0.25, 0.3) is 0 Å². The molecule has 0 aliphatic rings. The lowest BCUT2D eigenvalue weighted by molar-refractivity contribution is -0.140. The number of ketones is 1. The zero-order chi connectivity index (χ0) is 14.9. The predicted molar refractivity (Wildman–Crippen MR) is 65.7 cm³/mol. The monoisotopic (exact) mass is 283 g/mol. The Morgan fingerprint density at radius 3 is 2.05 bits per heavy atom. The molecule has 0 bridgehead atoms. The number of benzene rings is 2. The zero-order valence-electron chi connectivity index (χ0n) is 10.0. The van der Waals surface area contributed by atoms with E-state index in [2.05, 4.69) is 0 Å². The van der Waals surface area contributed by atoms with Gasteiger partial charge in [-0.3, -0.25) is 4.79 Å². The Balaban J connectivity index is 2.43. The van der Waals surface area contributed by atoms with Crippen molar-refractivity contribution < 1.29 is 22.4 Å². The minimum atomic E-state index is -4.85. The minimum Gasteiger partial charge on any atom is -0.399 e. The molecule has 0 unspecified atom stereocenters. The van der Waals surface area contributed by atoms with Crippen molar-refractivity contribution >= 4 is 11.5 Å². The van der Waals surface area contributed by atoms with Gasteiger partial charge in [0.2, 0.25) is 0 Å². The van der Waals surface area contributed by atoms with E-state index in [0.29, 0.717) is 17.8 Å². The van der Waals surface area contributed by atoms with Crippen LogP contribution in [0.1, 0.15) is 21.5 Å². The van der Waals surface area contributed by atoms with Gasteiger partial charge in [-0.15, -0.1) is 0 Å². The molecule has 0 aromatic heterocycles. The van der Waals surface area contributed by atoms with E-state index in [4.69, 9.17) is 5.73 Å². The topological polar surface area (TPSA) is 43.1 Å². The maximum absolute atomic E-state index is 13.1. The van der Waals surface area contributed by atoms with Crippen molar-refractivity contribution in [3.05, 3.63) is 65.0 Å². The quantitative estimate of drug-likeness (QED) is 0.519. The van der Waals surface area contributed by atoms with Gasteiger partial charge in [0.1, 0.15) is 5.82 Å². The van der Waals surface area contributed by atoms with Crippen LogP contribution in [0, 0.1) is 5.82 Å². The Morgan fingerprint density at radius 2 is 1.50 bits per heavy atom. The van der Waals surface area contributed by atoms with E-state index in [-0.39, 0.29) is 11.1 Å². The number of nitrogens with two attached hydrogens (primary N) is 1. The first-order chi connectivity index (χ1) is 9.29. The highest BCUT2D eigenvalue weighted by Gasteiger charge is 2.34. The molecule has 0 radical (unpaired) electrons. The smallest absolute Gasteiger partial charge is 0.399 e. The third-order valence-electron chi connectivity index (χ3n) is 2.71. The van der Waals surface area contributed by atoms with Crippen molar-refractivity contribution in [2.75, 3.05) is 5.73 Å². The molecular weight excluding hydrogens is 274 g/mol. The van der Waals surface area contributed by atoms with Crippen molar-refractivity contribution in [2.45, 2.75) is 6.18 Å². The highest BCUT2D eigenvalue weighted by molar-refractivity contribution is 6.09. The second-order valence-corrected chi connectivity index (χ2v) is 4.14. The van der Waals surface area contributed by atoms with Crippen LogP contribution in [0.3, 0.4) is 0 Å². The predicted octanol–water partition coefficient (Wildman–Crippen LogP) is 3.66. The zero-order valence-corrected chi connectivity index (χ0v) is 10.0. The van der Waals surface area contributed by atoms with E-state index in [9.17, 15) is 22.4 Å². The van der Waals surface area contributed by atoms with Crippen LogP contribution in [-0.4, -0.2) is 5.78 Å². The molecule has 0 spiro atoms. The van der Waals surface area contributed by atoms with Gasteiger partial charge in [0.25, 0.3) is 0 Å². The summed E-state index contributed by atoms with van der Waals surface area (Å²) in [5, 5.41) is 0. The van der Waals surface area contributed by atoms with Gasteiger partial charge in [0, 0.05) is 16.8 Å². The molecule has 0 saturated heterocycles. The number of halogens is 4. The van der Waals surface area contributed by atoms with Crippen LogP contribution in [0.2, 0.25) is 0 Å². The van der Waals surface area contributed by atoms with Crippen LogP contribution in [-0.2, 0) is 6.18 Å². The average molecular weight is 283 g/mol. The van der Waals surface area contributed by atoms with Gasteiger partial charge in [-0.25, -0.2) is 4.39 Å². The molecule has 2 nitrogen and oxygen atoms in total. The number of rotatable bonds is 2. The van der Waals surface area contributed by atoms with Crippen molar-refractivity contribution in [3.63, 3.8) is 0 Å². The van der Waals surface area contributed by atoms with E-state index < -0.39 is 23.3 Å². The third-order valence-corrected chi connectivity index (χ3v) is 2.71. The minimum absolute atomic E-state index is 0.180. The number of hydrogen-bond donors (Lipinski definition) is 1. The Kier molecular flexibility index (Phi) is 3.48. The number of carbonyl (C=O) groups excluding carboxylic acids is 1. The number of anilines is 1. The van der Waals surface area contributed by atoms with Gasteiger partial charge in [-0.2, -0.15) is 13.2 Å². The summed E-state index contributed by atoms with van der Waals surface area (Å²) in [7, 11) is 0. The van der Waals surface area contributed by atoms with Gasteiger partial charge in [-0.1, -0.05) is 0 Å². The standard InChI is InChI=1S/C14H9F4NO/c15-12-6-3-9(7-11(12)14(16,17)18)13(20)8-1-4-10(19)5-2-8/h1-7H,19H2. The summed E-state index contributed by atoms with van der Waals surface area (Å²) >= 11 is 0. The summed E-state index contributed by atoms with van der Waals surface area (Å²) in [5.74, 6) is -2.04. The van der Waals surface area contributed by atoms with Crippen LogP contribution < -0.4 is 5.73 Å².